The molecule has 1 aliphatic rings. The van der Waals surface area contributed by atoms with E-state index in [0.717, 1.165) is 5.01 Å². The number of rotatable bonds is 4. The monoisotopic (exact) mass is 346 g/mol. The molecule has 1 N–H and O–H groups in total. The molecule has 1 aromatic carbocycles. The van der Waals surface area contributed by atoms with Crippen LogP contribution in [0.4, 0.5) is 10.8 Å². The van der Waals surface area contributed by atoms with Crippen LogP contribution in [-0.2, 0) is 9.59 Å². The minimum atomic E-state index is -0.623. The first-order valence-electron chi connectivity index (χ1n) is 7.66. The van der Waals surface area contributed by atoms with Gasteiger partial charge in [-0.25, -0.2) is 0 Å². The van der Waals surface area contributed by atoms with Gasteiger partial charge in [0.15, 0.2) is 6.10 Å². The molecule has 1 unspecified atom stereocenters. The van der Waals surface area contributed by atoms with Gasteiger partial charge in [0.1, 0.15) is 17.3 Å². The maximum atomic E-state index is 12.4. The van der Waals surface area contributed by atoms with Gasteiger partial charge in [0.2, 0.25) is 11.0 Å². The van der Waals surface area contributed by atoms with E-state index in [9.17, 15) is 9.59 Å². The van der Waals surface area contributed by atoms with Gasteiger partial charge in [-0.2, -0.15) is 0 Å². The Bertz CT molecular complexity index is 774. The number of benzene rings is 1. The van der Waals surface area contributed by atoms with Crippen molar-refractivity contribution in [3.05, 3.63) is 29.3 Å². The second-order valence-corrected chi connectivity index (χ2v) is 6.81. The standard InChI is InChI=1S/C16H18N4O3S/c1-9(2)14-18-19-16(24-14)17-13(21)8-20-11-6-4-5-7-12(11)23-10(3)15(20)22/h4-7,9-10H,8H2,1-3H3,(H,17,19,21). The third kappa shape index (κ3) is 3.23. The Morgan fingerprint density at radius 1 is 1.38 bits per heavy atom. The Kier molecular flexibility index (Phi) is 4.48. The largest absolute Gasteiger partial charge is 0.479 e. The van der Waals surface area contributed by atoms with Crippen LogP contribution in [-0.4, -0.2) is 34.7 Å². The Balaban J connectivity index is 1.74. The second kappa shape index (κ2) is 6.56. The highest BCUT2D eigenvalue weighted by molar-refractivity contribution is 7.15. The van der Waals surface area contributed by atoms with Crippen molar-refractivity contribution in [2.24, 2.45) is 0 Å². The van der Waals surface area contributed by atoms with Crippen LogP contribution >= 0.6 is 11.3 Å². The Morgan fingerprint density at radius 2 is 2.12 bits per heavy atom. The molecule has 0 saturated carbocycles. The average molecular weight is 346 g/mol. The number of nitrogens with zero attached hydrogens (tertiary/aromatic N) is 3. The van der Waals surface area contributed by atoms with Gasteiger partial charge in [0, 0.05) is 5.92 Å². The van der Waals surface area contributed by atoms with Gasteiger partial charge in [-0.1, -0.05) is 37.3 Å². The summed E-state index contributed by atoms with van der Waals surface area (Å²) < 4.78 is 5.56. The molecule has 0 saturated heterocycles. The third-order valence-electron chi connectivity index (χ3n) is 3.56. The molecule has 8 heteroatoms. The third-order valence-corrected chi connectivity index (χ3v) is 4.70. The van der Waals surface area contributed by atoms with Gasteiger partial charge in [-0.3, -0.25) is 19.8 Å². The predicted octanol–water partition coefficient (Wildman–Crippen LogP) is 2.41. The van der Waals surface area contributed by atoms with Gasteiger partial charge in [-0.15, -0.1) is 10.2 Å². The second-order valence-electron chi connectivity index (χ2n) is 5.80. The molecule has 24 heavy (non-hydrogen) atoms. The van der Waals surface area contributed by atoms with E-state index in [2.05, 4.69) is 15.5 Å². The molecule has 126 valence electrons. The fourth-order valence-electron chi connectivity index (χ4n) is 2.34. The van der Waals surface area contributed by atoms with Crippen molar-refractivity contribution in [1.29, 1.82) is 0 Å². The van der Waals surface area contributed by atoms with Crippen LogP contribution in [0.15, 0.2) is 24.3 Å². The molecular formula is C16H18N4O3S. The molecule has 7 nitrogen and oxygen atoms in total. The quantitative estimate of drug-likeness (QED) is 0.919. The van der Waals surface area contributed by atoms with Gasteiger partial charge in [0.25, 0.3) is 5.91 Å². The predicted molar refractivity (Wildman–Crippen MR) is 91.5 cm³/mol. The van der Waals surface area contributed by atoms with E-state index in [-0.39, 0.29) is 24.3 Å². The van der Waals surface area contributed by atoms with Crippen LogP contribution < -0.4 is 15.0 Å². The van der Waals surface area contributed by atoms with E-state index < -0.39 is 6.10 Å². The Hall–Kier alpha value is -2.48. The highest BCUT2D eigenvalue weighted by Crippen LogP contribution is 2.33. The molecule has 2 amide bonds. The van der Waals surface area contributed by atoms with Gasteiger partial charge < -0.3 is 4.74 Å². The smallest absolute Gasteiger partial charge is 0.268 e. The number of carbonyl (C=O) groups is 2. The molecule has 0 bridgehead atoms. The SMILES string of the molecule is CC1Oc2ccccc2N(CC(=O)Nc2nnc(C(C)C)s2)C1=O. The zero-order valence-corrected chi connectivity index (χ0v) is 14.5. The normalized spacial score (nSPS) is 16.8. The van der Waals surface area contributed by atoms with Crippen LogP contribution in [0.3, 0.4) is 0 Å². The maximum Gasteiger partial charge on any atom is 0.268 e. The molecule has 1 atom stereocenters. The topological polar surface area (TPSA) is 84.4 Å². The van der Waals surface area contributed by atoms with Crippen molar-refractivity contribution in [3.63, 3.8) is 0 Å². The minimum absolute atomic E-state index is 0.0971. The van der Waals surface area contributed by atoms with Crippen LogP contribution in [0.2, 0.25) is 0 Å². The lowest BCUT2D eigenvalue weighted by atomic mass is 10.2. The number of fused-ring (bicyclic) bond motifs is 1. The summed E-state index contributed by atoms with van der Waals surface area (Å²) in [7, 11) is 0. The molecule has 2 aromatic rings. The number of anilines is 2. The summed E-state index contributed by atoms with van der Waals surface area (Å²) in [6.45, 7) is 5.59. The van der Waals surface area contributed by atoms with E-state index in [1.807, 2.05) is 19.9 Å². The van der Waals surface area contributed by atoms with E-state index in [1.165, 1.54) is 16.2 Å². The Labute approximate surface area is 143 Å². The lowest BCUT2D eigenvalue weighted by Crippen LogP contribution is -2.47. The minimum Gasteiger partial charge on any atom is -0.479 e. The van der Waals surface area contributed by atoms with Crippen molar-refractivity contribution >= 4 is 34.0 Å². The summed E-state index contributed by atoms with van der Waals surface area (Å²) >= 11 is 1.34. The zero-order valence-electron chi connectivity index (χ0n) is 13.6. The molecule has 0 fully saturated rings. The molecule has 1 aromatic heterocycles. The number of carbonyl (C=O) groups excluding carboxylic acids is 2. The molecule has 0 aliphatic carbocycles. The van der Waals surface area contributed by atoms with Gasteiger partial charge in [0.05, 0.1) is 5.69 Å². The number of amides is 2. The number of aromatic nitrogens is 2. The molecule has 0 spiro atoms. The molecule has 1 aliphatic heterocycles. The van der Waals surface area contributed by atoms with Crippen LogP contribution in [0.5, 0.6) is 5.75 Å². The maximum absolute atomic E-state index is 12.4. The number of hydrogen-bond acceptors (Lipinski definition) is 6. The van der Waals surface area contributed by atoms with Crippen LogP contribution in [0.25, 0.3) is 0 Å². The summed E-state index contributed by atoms with van der Waals surface area (Å²) in [4.78, 5) is 26.1. The van der Waals surface area contributed by atoms with E-state index >= 15 is 0 Å². The van der Waals surface area contributed by atoms with Crippen molar-refractivity contribution in [1.82, 2.24) is 10.2 Å². The summed E-state index contributed by atoms with van der Waals surface area (Å²) in [6, 6.07) is 7.17. The van der Waals surface area contributed by atoms with Gasteiger partial charge >= 0.3 is 0 Å². The summed E-state index contributed by atoms with van der Waals surface area (Å²) in [5.74, 6) is 0.278. The van der Waals surface area contributed by atoms with E-state index in [1.54, 1.807) is 25.1 Å². The first kappa shape index (κ1) is 16.4. The molecular weight excluding hydrogens is 328 g/mol. The van der Waals surface area contributed by atoms with Crippen molar-refractivity contribution < 1.29 is 14.3 Å². The zero-order chi connectivity index (χ0) is 17.3. The number of para-hydroxylation sites is 2. The van der Waals surface area contributed by atoms with E-state index in [0.29, 0.717) is 16.6 Å². The van der Waals surface area contributed by atoms with E-state index in [4.69, 9.17) is 4.74 Å². The van der Waals surface area contributed by atoms with Crippen molar-refractivity contribution in [2.45, 2.75) is 32.8 Å². The van der Waals surface area contributed by atoms with Crippen molar-refractivity contribution in [2.75, 3.05) is 16.8 Å². The average Bonchev–Trinajstić information content (AvgIpc) is 3.00. The number of hydrogen-bond donors (Lipinski definition) is 1. The molecule has 0 radical (unpaired) electrons. The number of nitrogens with one attached hydrogen (secondary N) is 1. The summed E-state index contributed by atoms with van der Waals surface area (Å²) in [5.41, 5.74) is 0.593. The van der Waals surface area contributed by atoms with Crippen molar-refractivity contribution in [3.8, 4) is 5.75 Å². The molecule has 2 heterocycles. The van der Waals surface area contributed by atoms with Crippen LogP contribution in [0.1, 0.15) is 31.7 Å². The summed E-state index contributed by atoms with van der Waals surface area (Å²) in [5, 5.41) is 12.0. The lowest BCUT2D eigenvalue weighted by molar-refractivity contribution is -0.127. The fourth-order valence-corrected chi connectivity index (χ4v) is 3.10. The lowest BCUT2D eigenvalue weighted by Gasteiger charge is -2.32. The summed E-state index contributed by atoms with van der Waals surface area (Å²) in [6.07, 6.45) is -0.623. The fraction of sp³-hybridized carbons (Fsp3) is 0.375. The highest BCUT2D eigenvalue weighted by Gasteiger charge is 2.32. The highest BCUT2D eigenvalue weighted by atomic mass is 32.1. The number of ether oxygens (including phenoxy) is 1. The van der Waals surface area contributed by atoms with Crippen LogP contribution in [0, 0.1) is 0 Å². The molecule has 3 rings (SSSR count). The first-order chi connectivity index (χ1) is 11.5. The first-order valence-corrected chi connectivity index (χ1v) is 8.47. The Morgan fingerprint density at radius 3 is 2.83 bits per heavy atom. The van der Waals surface area contributed by atoms with Gasteiger partial charge in [-0.05, 0) is 19.1 Å².